The zero-order chi connectivity index (χ0) is 20.7. The highest BCUT2D eigenvalue weighted by Gasteiger charge is 2.31. The normalized spacial score (nSPS) is 24.5. The molecule has 2 aliphatic heterocycles. The van der Waals surface area contributed by atoms with Gasteiger partial charge in [-0.2, -0.15) is 0 Å². The third-order valence-corrected chi connectivity index (χ3v) is 6.99. The molecule has 1 saturated heterocycles. The van der Waals surface area contributed by atoms with E-state index in [0.717, 1.165) is 68.8 Å². The molecule has 3 aliphatic rings. The number of likely N-dealkylation sites (tertiary alicyclic amines) is 1. The summed E-state index contributed by atoms with van der Waals surface area (Å²) in [5, 5.41) is 3.27. The van der Waals surface area contributed by atoms with Gasteiger partial charge in [0.05, 0.1) is 17.4 Å². The van der Waals surface area contributed by atoms with Crippen molar-refractivity contribution in [2.45, 2.75) is 64.5 Å². The van der Waals surface area contributed by atoms with Gasteiger partial charge in [0.1, 0.15) is 0 Å². The SMILES string of the molecule is CCC(=O)N1CCC[C@H]1c1cc2nc3c(c(=O)n2[nH]1)CCN(C[C@H]1CC=CCC1)C3. The lowest BCUT2D eigenvalue weighted by atomic mass is 9.93. The highest BCUT2D eigenvalue weighted by Crippen LogP contribution is 2.32. The second-order valence-electron chi connectivity index (χ2n) is 8.98. The molecule has 0 aromatic carbocycles. The fourth-order valence-corrected chi connectivity index (χ4v) is 5.37. The van der Waals surface area contributed by atoms with E-state index in [0.29, 0.717) is 18.0 Å². The molecule has 2 aromatic rings. The molecule has 2 aromatic heterocycles. The Morgan fingerprint density at radius 2 is 2.17 bits per heavy atom. The Morgan fingerprint density at radius 3 is 2.97 bits per heavy atom. The first kappa shape index (κ1) is 19.5. The Morgan fingerprint density at radius 1 is 1.27 bits per heavy atom. The summed E-state index contributed by atoms with van der Waals surface area (Å²) in [5.74, 6) is 0.883. The molecule has 4 heterocycles. The van der Waals surface area contributed by atoms with Crippen LogP contribution in [-0.4, -0.2) is 49.9 Å². The van der Waals surface area contributed by atoms with Crippen molar-refractivity contribution in [1.82, 2.24) is 24.4 Å². The number of carbonyl (C=O) groups excluding carboxylic acids is 1. The third kappa shape index (κ3) is 3.49. The molecular weight excluding hydrogens is 378 g/mol. The van der Waals surface area contributed by atoms with Crippen molar-refractivity contribution < 1.29 is 4.79 Å². The molecule has 30 heavy (non-hydrogen) atoms. The quantitative estimate of drug-likeness (QED) is 0.788. The monoisotopic (exact) mass is 409 g/mol. The van der Waals surface area contributed by atoms with E-state index in [4.69, 9.17) is 4.98 Å². The maximum atomic E-state index is 13.2. The van der Waals surface area contributed by atoms with E-state index in [-0.39, 0.29) is 17.5 Å². The van der Waals surface area contributed by atoms with Gasteiger partial charge in [-0.3, -0.25) is 19.6 Å². The summed E-state index contributed by atoms with van der Waals surface area (Å²) in [6.07, 6.45) is 11.4. The van der Waals surface area contributed by atoms with Crippen molar-refractivity contribution >= 4 is 11.6 Å². The fraction of sp³-hybridized carbons (Fsp3) is 0.609. The van der Waals surface area contributed by atoms with Crippen molar-refractivity contribution in [3.63, 3.8) is 0 Å². The zero-order valence-corrected chi connectivity index (χ0v) is 17.8. The van der Waals surface area contributed by atoms with Gasteiger partial charge in [-0.25, -0.2) is 9.50 Å². The number of hydrogen-bond acceptors (Lipinski definition) is 4. The number of nitrogens with zero attached hydrogens (tertiary/aromatic N) is 4. The smallest absolute Gasteiger partial charge is 0.276 e. The molecule has 2 atom stereocenters. The van der Waals surface area contributed by atoms with Crippen molar-refractivity contribution in [3.8, 4) is 0 Å². The zero-order valence-electron chi connectivity index (χ0n) is 17.8. The topological polar surface area (TPSA) is 73.7 Å². The van der Waals surface area contributed by atoms with Crippen LogP contribution in [0, 0.1) is 5.92 Å². The molecule has 7 heteroatoms. The molecular formula is C23H31N5O2. The van der Waals surface area contributed by atoms with Crippen LogP contribution in [0.3, 0.4) is 0 Å². The maximum absolute atomic E-state index is 13.2. The average molecular weight is 410 g/mol. The maximum Gasteiger partial charge on any atom is 0.276 e. The highest BCUT2D eigenvalue weighted by molar-refractivity contribution is 5.76. The van der Waals surface area contributed by atoms with E-state index in [2.05, 4.69) is 22.2 Å². The van der Waals surface area contributed by atoms with E-state index >= 15 is 0 Å². The van der Waals surface area contributed by atoms with Crippen LogP contribution in [0.25, 0.3) is 5.65 Å². The number of aromatic nitrogens is 3. The summed E-state index contributed by atoms with van der Waals surface area (Å²) < 4.78 is 1.59. The van der Waals surface area contributed by atoms with Gasteiger partial charge >= 0.3 is 0 Å². The first-order valence-corrected chi connectivity index (χ1v) is 11.4. The number of hydrogen-bond donors (Lipinski definition) is 1. The summed E-state index contributed by atoms with van der Waals surface area (Å²) >= 11 is 0. The first-order valence-electron chi connectivity index (χ1n) is 11.4. The van der Waals surface area contributed by atoms with Gasteiger partial charge in [0, 0.05) is 44.2 Å². The number of amides is 1. The largest absolute Gasteiger partial charge is 0.334 e. The van der Waals surface area contributed by atoms with Gasteiger partial charge in [-0.1, -0.05) is 19.1 Å². The van der Waals surface area contributed by atoms with Crippen LogP contribution in [0.4, 0.5) is 0 Å². The number of aromatic amines is 1. The minimum atomic E-state index is 0.0198. The molecule has 1 aliphatic carbocycles. The van der Waals surface area contributed by atoms with E-state index < -0.39 is 0 Å². The molecule has 1 fully saturated rings. The van der Waals surface area contributed by atoms with E-state index in [1.807, 2.05) is 17.9 Å². The summed E-state index contributed by atoms with van der Waals surface area (Å²) in [7, 11) is 0. The third-order valence-electron chi connectivity index (χ3n) is 6.99. The second kappa shape index (κ2) is 8.02. The molecule has 160 valence electrons. The summed E-state index contributed by atoms with van der Waals surface area (Å²) in [5.41, 5.74) is 3.39. The molecule has 7 nitrogen and oxygen atoms in total. The molecule has 0 radical (unpaired) electrons. The molecule has 0 spiro atoms. The Labute approximate surface area is 176 Å². The van der Waals surface area contributed by atoms with Gasteiger partial charge in [-0.05, 0) is 44.4 Å². The predicted molar refractivity (Wildman–Crippen MR) is 115 cm³/mol. The van der Waals surface area contributed by atoms with E-state index in [9.17, 15) is 9.59 Å². The summed E-state index contributed by atoms with van der Waals surface area (Å²) in [6, 6.07) is 1.99. The minimum Gasteiger partial charge on any atom is -0.334 e. The second-order valence-corrected chi connectivity index (χ2v) is 8.98. The minimum absolute atomic E-state index is 0.0198. The molecule has 0 saturated carbocycles. The Hall–Kier alpha value is -2.41. The molecule has 0 unspecified atom stereocenters. The fourth-order valence-electron chi connectivity index (χ4n) is 5.37. The van der Waals surface area contributed by atoms with Crippen LogP contribution in [0.2, 0.25) is 0 Å². The van der Waals surface area contributed by atoms with Gasteiger partial charge in [0.15, 0.2) is 5.65 Å². The molecule has 1 amide bonds. The Bertz CT molecular complexity index is 1040. The summed E-state index contributed by atoms with van der Waals surface area (Å²) in [6.45, 7) is 5.45. The average Bonchev–Trinajstić information content (AvgIpc) is 3.41. The van der Waals surface area contributed by atoms with Gasteiger partial charge < -0.3 is 4.90 Å². The molecule has 5 rings (SSSR count). The van der Waals surface area contributed by atoms with Crippen LogP contribution in [0.5, 0.6) is 0 Å². The molecule has 0 bridgehead atoms. The van der Waals surface area contributed by atoms with E-state index in [1.165, 1.54) is 12.8 Å². The van der Waals surface area contributed by atoms with Gasteiger partial charge in [-0.15, -0.1) is 0 Å². The standard InChI is InChI=1S/C23H31N5O2/c1-2-22(29)27-11-6-9-20(27)18-13-21-24-19-15-26(14-16-7-4-3-5-8-16)12-10-17(19)23(30)28(21)25-18/h3-4,13,16,20,25H,2,5-12,14-15H2,1H3/t16-,20-/m0/s1. The van der Waals surface area contributed by atoms with Crippen molar-refractivity contribution in [1.29, 1.82) is 0 Å². The van der Waals surface area contributed by atoms with Crippen LogP contribution >= 0.6 is 0 Å². The lowest BCUT2D eigenvalue weighted by molar-refractivity contribution is -0.131. The van der Waals surface area contributed by atoms with Crippen LogP contribution in [0.15, 0.2) is 23.0 Å². The lowest BCUT2D eigenvalue weighted by Gasteiger charge is -2.31. The number of carbonyl (C=O) groups is 1. The Balaban J connectivity index is 1.41. The van der Waals surface area contributed by atoms with Crippen LogP contribution in [0.1, 0.15) is 68.4 Å². The number of H-pyrrole nitrogens is 1. The number of rotatable bonds is 4. The highest BCUT2D eigenvalue weighted by atomic mass is 16.2. The van der Waals surface area contributed by atoms with Crippen LogP contribution < -0.4 is 5.56 Å². The number of fused-ring (bicyclic) bond motifs is 2. The lowest BCUT2D eigenvalue weighted by Crippen LogP contribution is -2.38. The Kier molecular flexibility index (Phi) is 5.23. The van der Waals surface area contributed by atoms with Crippen molar-refractivity contribution in [2.24, 2.45) is 5.92 Å². The predicted octanol–water partition coefficient (Wildman–Crippen LogP) is 2.81. The summed E-state index contributed by atoms with van der Waals surface area (Å²) in [4.78, 5) is 34.7. The van der Waals surface area contributed by atoms with Gasteiger partial charge in [0.2, 0.25) is 5.91 Å². The van der Waals surface area contributed by atoms with Gasteiger partial charge in [0.25, 0.3) is 5.56 Å². The number of allylic oxidation sites excluding steroid dienone is 2. The first-order chi connectivity index (χ1) is 14.6. The van der Waals surface area contributed by atoms with Crippen molar-refractivity contribution in [2.75, 3.05) is 19.6 Å². The van der Waals surface area contributed by atoms with Crippen LogP contribution in [-0.2, 0) is 17.8 Å². The van der Waals surface area contributed by atoms with E-state index in [1.54, 1.807) is 4.52 Å². The molecule has 1 N–H and O–H groups in total. The number of nitrogens with one attached hydrogen (secondary N) is 1. The van der Waals surface area contributed by atoms with Crippen molar-refractivity contribution in [3.05, 3.63) is 45.5 Å².